The third kappa shape index (κ3) is 3.07. The highest BCUT2D eigenvalue weighted by Gasteiger charge is 2.37. The molecule has 1 saturated heterocycles. The van der Waals surface area contributed by atoms with Crippen LogP contribution in [0.2, 0.25) is 0 Å². The molecule has 4 rings (SSSR count). The second-order valence-electron chi connectivity index (χ2n) is 6.39. The summed E-state index contributed by atoms with van der Waals surface area (Å²) in [4.78, 5) is 15.0. The highest BCUT2D eigenvalue weighted by molar-refractivity contribution is 5.95. The molecule has 25 heavy (non-hydrogen) atoms. The summed E-state index contributed by atoms with van der Waals surface area (Å²) in [6, 6.07) is 15.6. The molecule has 0 unspecified atom stereocenters. The fourth-order valence-corrected chi connectivity index (χ4v) is 3.64. The van der Waals surface area contributed by atoms with Crippen molar-refractivity contribution < 1.29 is 19.0 Å². The Labute approximate surface area is 147 Å². The minimum Gasteiger partial charge on any atom is -0.454 e. The molecule has 0 aromatic heterocycles. The summed E-state index contributed by atoms with van der Waals surface area (Å²) >= 11 is 0. The first kappa shape index (κ1) is 16.0. The number of benzene rings is 2. The van der Waals surface area contributed by atoms with Gasteiger partial charge in [0.2, 0.25) is 6.79 Å². The van der Waals surface area contributed by atoms with Crippen molar-refractivity contribution in [2.24, 2.45) is 0 Å². The SMILES string of the molecule is CO[C@@H]1CCN(C(=O)c2ccc3c(c2)OCO3)[C@H]1Cc1ccccc1. The molecule has 2 aromatic rings. The zero-order valence-electron chi connectivity index (χ0n) is 14.2. The second kappa shape index (κ2) is 6.76. The van der Waals surface area contributed by atoms with Crippen molar-refractivity contribution in [1.82, 2.24) is 4.90 Å². The Morgan fingerprint density at radius 3 is 2.76 bits per heavy atom. The van der Waals surface area contributed by atoms with Crippen molar-refractivity contribution in [2.75, 3.05) is 20.4 Å². The maximum Gasteiger partial charge on any atom is 0.254 e. The quantitative estimate of drug-likeness (QED) is 0.859. The number of hydrogen-bond acceptors (Lipinski definition) is 4. The molecule has 2 aromatic carbocycles. The van der Waals surface area contributed by atoms with E-state index in [4.69, 9.17) is 14.2 Å². The van der Waals surface area contributed by atoms with E-state index in [2.05, 4.69) is 12.1 Å². The molecule has 0 saturated carbocycles. The lowest BCUT2D eigenvalue weighted by Gasteiger charge is -2.28. The highest BCUT2D eigenvalue weighted by Crippen LogP contribution is 2.34. The van der Waals surface area contributed by atoms with E-state index in [-0.39, 0.29) is 24.8 Å². The molecule has 1 amide bonds. The average molecular weight is 339 g/mol. The molecule has 2 atom stereocenters. The largest absolute Gasteiger partial charge is 0.454 e. The first-order valence-corrected chi connectivity index (χ1v) is 8.53. The number of ether oxygens (including phenoxy) is 3. The summed E-state index contributed by atoms with van der Waals surface area (Å²) in [5.41, 5.74) is 1.83. The number of nitrogens with zero attached hydrogens (tertiary/aromatic N) is 1. The van der Waals surface area contributed by atoms with Crippen LogP contribution in [0.3, 0.4) is 0 Å². The number of carbonyl (C=O) groups excluding carboxylic acids is 1. The third-order valence-corrected chi connectivity index (χ3v) is 4.95. The van der Waals surface area contributed by atoms with Crippen molar-refractivity contribution in [3.8, 4) is 11.5 Å². The first-order valence-electron chi connectivity index (χ1n) is 8.53. The summed E-state index contributed by atoms with van der Waals surface area (Å²) in [5, 5.41) is 0. The Kier molecular flexibility index (Phi) is 4.32. The van der Waals surface area contributed by atoms with Crippen LogP contribution in [0.15, 0.2) is 48.5 Å². The van der Waals surface area contributed by atoms with E-state index in [0.717, 1.165) is 12.8 Å². The van der Waals surface area contributed by atoms with Gasteiger partial charge in [0.25, 0.3) is 5.91 Å². The summed E-state index contributed by atoms with van der Waals surface area (Å²) in [6.07, 6.45) is 1.69. The minimum atomic E-state index is 0.0128. The standard InChI is InChI=1S/C20H21NO4/c1-23-17-9-10-21(16(17)11-14-5-3-2-4-6-14)20(22)15-7-8-18-19(12-15)25-13-24-18/h2-8,12,16-17H,9-11,13H2,1H3/t16-,17+/m0/s1. The Balaban J connectivity index is 1.57. The molecule has 0 N–H and O–H groups in total. The Bertz CT molecular complexity index is 762. The lowest BCUT2D eigenvalue weighted by atomic mass is 10.0. The summed E-state index contributed by atoms with van der Waals surface area (Å²) in [7, 11) is 1.72. The van der Waals surface area contributed by atoms with E-state index in [1.54, 1.807) is 25.3 Å². The van der Waals surface area contributed by atoms with Gasteiger partial charge in [-0.05, 0) is 36.6 Å². The van der Waals surface area contributed by atoms with Gasteiger partial charge < -0.3 is 19.1 Å². The predicted octanol–water partition coefficient (Wildman–Crippen LogP) is 2.89. The van der Waals surface area contributed by atoms with E-state index in [1.807, 2.05) is 23.1 Å². The molecule has 1 fully saturated rings. The lowest BCUT2D eigenvalue weighted by Crippen LogP contribution is -2.41. The second-order valence-corrected chi connectivity index (χ2v) is 6.39. The molecule has 2 aliphatic rings. The van der Waals surface area contributed by atoms with Gasteiger partial charge in [-0.15, -0.1) is 0 Å². The summed E-state index contributed by atoms with van der Waals surface area (Å²) in [6.45, 7) is 0.905. The average Bonchev–Trinajstić information content (AvgIpc) is 3.28. The Morgan fingerprint density at radius 2 is 1.96 bits per heavy atom. The monoisotopic (exact) mass is 339 g/mol. The molecular formula is C20H21NO4. The maximum absolute atomic E-state index is 13.1. The predicted molar refractivity (Wildman–Crippen MR) is 92.9 cm³/mol. The maximum atomic E-state index is 13.1. The number of likely N-dealkylation sites (tertiary alicyclic amines) is 1. The molecular weight excluding hydrogens is 318 g/mol. The van der Waals surface area contributed by atoms with Crippen LogP contribution in [0.1, 0.15) is 22.3 Å². The van der Waals surface area contributed by atoms with Crippen molar-refractivity contribution in [1.29, 1.82) is 0 Å². The molecule has 0 radical (unpaired) electrons. The number of fused-ring (bicyclic) bond motifs is 1. The van der Waals surface area contributed by atoms with Crippen LogP contribution in [0.25, 0.3) is 0 Å². The number of carbonyl (C=O) groups is 1. The summed E-state index contributed by atoms with van der Waals surface area (Å²) in [5.74, 6) is 1.33. The van der Waals surface area contributed by atoms with Crippen LogP contribution in [0.4, 0.5) is 0 Å². The smallest absolute Gasteiger partial charge is 0.254 e. The van der Waals surface area contributed by atoms with Crippen molar-refractivity contribution in [2.45, 2.75) is 25.0 Å². The van der Waals surface area contributed by atoms with E-state index in [0.29, 0.717) is 23.6 Å². The van der Waals surface area contributed by atoms with Crippen LogP contribution < -0.4 is 9.47 Å². The van der Waals surface area contributed by atoms with E-state index >= 15 is 0 Å². The number of rotatable bonds is 4. The van der Waals surface area contributed by atoms with Gasteiger partial charge in [-0.1, -0.05) is 30.3 Å². The highest BCUT2D eigenvalue weighted by atomic mass is 16.7. The minimum absolute atomic E-state index is 0.0128. The fourth-order valence-electron chi connectivity index (χ4n) is 3.64. The van der Waals surface area contributed by atoms with Crippen molar-refractivity contribution >= 4 is 5.91 Å². The Morgan fingerprint density at radius 1 is 1.16 bits per heavy atom. The van der Waals surface area contributed by atoms with Gasteiger partial charge in [0.1, 0.15) is 0 Å². The van der Waals surface area contributed by atoms with Crippen LogP contribution in [-0.4, -0.2) is 43.4 Å². The fraction of sp³-hybridized carbons (Fsp3) is 0.350. The molecule has 5 nitrogen and oxygen atoms in total. The lowest BCUT2D eigenvalue weighted by molar-refractivity contribution is 0.0508. The molecule has 2 aliphatic heterocycles. The van der Waals surface area contributed by atoms with E-state index in [9.17, 15) is 4.79 Å². The van der Waals surface area contributed by atoms with Gasteiger partial charge in [0.15, 0.2) is 11.5 Å². The molecule has 0 aliphatic carbocycles. The molecule has 0 bridgehead atoms. The van der Waals surface area contributed by atoms with Crippen LogP contribution >= 0.6 is 0 Å². The van der Waals surface area contributed by atoms with Gasteiger partial charge in [-0.2, -0.15) is 0 Å². The number of methoxy groups -OCH3 is 1. The first-order chi connectivity index (χ1) is 12.3. The summed E-state index contributed by atoms with van der Waals surface area (Å²) < 4.78 is 16.4. The van der Waals surface area contributed by atoms with Gasteiger partial charge in [-0.3, -0.25) is 4.79 Å². The van der Waals surface area contributed by atoms with Crippen LogP contribution in [0.5, 0.6) is 11.5 Å². The van der Waals surface area contributed by atoms with E-state index < -0.39 is 0 Å². The van der Waals surface area contributed by atoms with Crippen LogP contribution in [-0.2, 0) is 11.2 Å². The molecule has 130 valence electrons. The Hall–Kier alpha value is -2.53. The van der Waals surface area contributed by atoms with Gasteiger partial charge in [-0.25, -0.2) is 0 Å². The zero-order chi connectivity index (χ0) is 17.2. The zero-order valence-corrected chi connectivity index (χ0v) is 14.2. The normalized spacial score (nSPS) is 21.6. The van der Waals surface area contributed by atoms with Crippen molar-refractivity contribution in [3.05, 3.63) is 59.7 Å². The topological polar surface area (TPSA) is 48.0 Å². The molecule has 2 heterocycles. The van der Waals surface area contributed by atoms with Gasteiger partial charge in [0, 0.05) is 19.2 Å². The van der Waals surface area contributed by atoms with Crippen LogP contribution in [0, 0.1) is 0 Å². The molecule has 0 spiro atoms. The van der Waals surface area contributed by atoms with Crippen molar-refractivity contribution in [3.63, 3.8) is 0 Å². The van der Waals surface area contributed by atoms with Gasteiger partial charge in [0.05, 0.1) is 12.1 Å². The number of hydrogen-bond donors (Lipinski definition) is 0. The van der Waals surface area contributed by atoms with Gasteiger partial charge >= 0.3 is 0 Å². The number of amides is 1. The molecule has 5 heteroatoms. The third-order valence-electron chi connectivity index (χ3n) is 4.95. The van der Waals surface area contributed by atoms with E-state index in [1.165, 1.54) is 5.56 Å².